The van der Waals surface area contributed by atoms with Crippen molar-refractivity contribution in [3.63, 3.8) is 0 Å². The van der Waals surface area contributed by atoms with Gasteiger partial charge in [0, 0.05) is 55.6 Å². The highest BCUT2D eigenvalue weighted by atomic mass is 16.5. The van der Waals surface area contributed by atoms with Crippen molar-refractivity contribution >= 4 is 22.7 Å². The third-order valence-electron chi connectivity index (χ3n) is 7.05. The van der Waals surface area contributed by atoms with Crippen molar-refractivity contribution in [1.29, 1.82) is 0 Å². The molecule has 1 aromatic heterocycles. The number of aliphatic hydroxyl groups is 1. The number of aryl methyl sites for hydroxylation is 1. The number of nitrogens with zero attached hydrogens (tertiary/aromatic N) is 2. The third-order valence-corrected chi connectivity index (χ3v) is 7.05. The maximum Gasteiger partial charge on any atom is 0.254 e. The Morgan fingerprint density at radius 2 is 2.00 bits per heavy atom. The molecule has 0 radical (unpaired) electrons. The van der Waals surface area contributed by atoms with Gasteiger partial charge in [0.05, 0.1) is 6.54 Å². The Kier molecular flexibility index (Phi) is 6.62. The summed E-state index contributed by atoms with van der Waals surface area (Å²) in [6.07, 6.45) is 6.01. The minimum atomic E-state index is -0.552. The number of fused-ring (bicyclic) bond motifs is 3. The van der Waals surface area contributed by atoms with Crippen LogP contribution in [0.25, 0.3) is 10.9 Å². The Labute approximate surface area is 183 Å². The SMILES string of the molecule is Cn1c2c(c3cc(C(=O)N(CCCO)CC(N)=O)ccc31)CC(C1CCOCC1)CC2. The number of primary amides is 1. The van der Waals surface area contributed by atoms with E-state index in [2.05, 4.69) is 11.6 Å². The van der Waals surface area contributed by atoms with Crippen LogP contribution in [0.1, 0.15) is 47.3 Å². The first-order valence-electron chi connectivity index (χ1n) is 11.4. The fraction of sp³-hybridized carbons (Fsp3) is 0.583. The summed E-state index contributed by atoms with van der Waals surface area (Å²) in [5.41, 5.74) is 9.79. The van der Waals surface area contributed by atoms with E-state index < -0.39 is 5.91 Å². The van der Waals surface area contributed by atoms with Crippen LogP contribution < -0.4 is 5.73 Å². The average Bonchev–Trinajstić information content (AvgIpc) is 3.07. The maximum atomic E-state index is 13.1. The molecule has 4 rings (SSSR count). The number of hydrogen-bond acceptors (Lipinski definition) is 4. The fourth-order valence-electron chi connectivity index (χ4n) is 5.41. The first-order valence-corrected chi connectivity index (χ1v) is 11.4. The second-order valence-electron chi connectivity index (χ2n) is 8.94. The molecule has 168 valence electrons. The molecule has 7 heteroatoms. The van der Waals surface area contributed by atoms with Gasteiger partial charge < -0.3 is 25.0 Å². The Balaban J connectivity index is 1.64. The number of carbonyl (C=O) groups excluding carboxylic acids is 2. The Hall–Kier alpha value is -2.38. The van der Waals surface area contributed by atoms with E-state index in [0.717, 1.165) is 49.8 Å². The predicted molar refractivity (Wildman–Crippen MR) is 119 cm³/mol. The van der Waals surface area contributed by atoms with Crippen LogP contribution in [0.4, 0.5) is 0 Å². The number of rotatable bonds is 7. The highest BCUT2D eigenvalue weighted by Crippen LogP contribution is 2.39. The van der Waals surface area contributed by atoms with E-state index in [1.165, 1.54) is 22.6 Å². The molecule has 2 aliphatic rings. The number of aromatic nitrogens is 1. The highest BCUT2D eigenvalue weighted by Gasteiger charge is 2.31. The average molecular weight is 428 g/mol. The number of nitrogens with two attached hydrogens (primary N) is 1. The zero-order chi connectivity index (χ0) is 22.0. The van der Waals surface area contributed by atoms with E-state index in [9.17, 15) is 9.59 Å². The van der Waals surface area contributed by atoms with Gasteiger partial charge in [-0.15, -0.1) is 0 Å². The van der Waals surface area contributed by atoms with Gasteiger partial charge in [-0.3, -0.25) is 9.59 Å². The lowest BCUT2D eigenvalue weighted by Crippen LogP contribution is -2.39. The first kappa shape index (κ1) is 21.8. The predicted octanol–water partition coefficient (Wildman–Crippen LogP) is 2.02. The van der Waals surface area contributed by atoms with Gasteiger partial charge in [0.15, 0.2) is 0 Å². The van der Waals surface area contributed by atoms with E-state index >= 15 is 0 Å². The van der Waals surface area contributed by atoms with Gasteiger partial charge in [0.2, 0.25) is 5.91 Å². The van der Waals surface area contributed by atoms with Crippen LogP contribution in [0.5, 0.6) is 0 Å². The Morgan fingerprint density at radius 1 is 1.23 bits per heavy atom. The van der Waals surface area contributed by atoms with Crippen LogP contribution >= 0.6 is 0 Å². The molecule has 2 amide bonds. The maximum absolute atomic E-state index is 13.1. The van der Waals surface area contributed by atoms with E-state index in [-0.39, 0.29) is 19.1 Å². The van der Waals surface area contributed by atoms with Crippen molar-refractivity contribution in [2.45, 2.75) is 38.5 Å². The number of ether oxygens (including phenoxy) is 1. The number of carbonyl (C=O) groups is 2. The summed E-state index contributed by atoms with van der Waals surface area (Å²) < 4.78 is 7.83. The largest absolute Gasteiger partial charge is 0.396 e. The van der Waals surface area contributed by atoms with Gasteiger partial charge in [-0.1, -0.05) is 0 Å². The van der Waals surface area contributed by atoms with Gasteiger partial charge in [-0.2, -0.15) is 0 Å². The molecule has 3 N–H and O–H groups in total. The minimum Gasteiger partial charge on any atom is -0.396 e. The van der Waals surface area contributed by atoms with Gasteiger partial charge >= 0.3 is 0 Å². The van der Waals surface area contributed by atoms with Crippen molar-refractivity contribution in [1.82, 2.24) is 9.47 Å². The molecule has 1 atom stereocenters. The molecule has 0 bridgehead atoms. The number of aliphatic hydroxyl groups excluding tert-OH is 1. The van der Waals surface area contributed by atoms with Crippen molar-refractivity contribution in [2.24, 2.45) is 24.6 Å². The molecule has 1 aliphatic carbocycles. The highest BCUT2D eigenvalue weighted by molar-refractivity contribution is 6.00. The standard InChI is InChI=1S/C24H33N3O4/c1-26-21-5-3-17(16-7-11-31-12-8-16)13-19(21)20-14-18(4-6-22(20)26)24(30)27(9-2-10-28)15-23(25)29/h4,6,14,16-17,28H,2-3,5,7-13,15H2,1H3,(H2,25,29). The van der Waals surface area contributed by atoms with Gasteiger partial charge in [0.1, 0.15) is 0 Å². The lowest BCUT2D eigenvalue weighted by molar-refractivity contribution is -0.118. The van der Waals surface area contributed by atoms with Crippen LogP contribution in [0.3, 0.4) is 0 Å². The smallest absolute Gasteiger partial charge is 0.254 e. The molecular formula is C24H33N3O4. The van der Waals surface area contributed by atoms with Gasteiger partial charge in [-0.05, 0) is 74.1 Å². The molecule has 1 aliphatic heterocycles. The van der Waals surface area contributed by atoms with E-state index in [4.69, 9.17) is 15.6 Å². The Morgan fingerprint density at radius 3 is 2.71 bits per heavy atom. The number of benzene rings is 1. The van der Waals surface area contributed by atoms with E-state index in [0.29, 0.717) is 30.4 Å². The lowest BCUT2D eigenvalue weighted by atomic mass is 9.75. The van der Waals surface area contributed by atoms with Crippen LogP contribution in [-0.4, -0.2) is 59.3 Å². The summed E-state index contributed by atoms with van der Waals surface area (Å²) in [5, 5.41) is 10.3. The lowest BCUT2D eigenvalue weighted by Gasteiger charge is -2.33. The van der Waals surface area contributed by atoms with E-state index in [1.54, 1.807) is 0 Å². The Bertz CT molecular complexity index is 961. The van der Waals surface area contributed by atoms with Gasteiger partial charge in [0.25, 0.3) is 5.91 Å². The van der Waals surface area contributed by atoms with Crippen LogP contribution in [0, 0.1) is 11.8 Å². The zero-order valence-electron chi connectivity index (χ0n) is 18.3. The van der Waals surface area contributed by atoms with Gasteiger partial charge in [-0.25, -0.2) is 0 Å². The van der Waals surface area contributed by atoms with Crippen molar-refractivity contribution in [3.8, 4) is 0 Å². The molecule has 2 aromatic rings. The molecule has 2 heterocycles. The van der Waals surface area contributed by atoms with E-state index in [1.807, 2.05) is 18.2 Å². The van der Waals surface area contributed by atoms with Crippen LogP contribution in [-0.2, 0) is 29.4 Å². The molecule has 1 aromatic carbocycles. The number of amides is 2. The van der Waals surface area contributed by atoms with Crippen molar-refractivity contribution in [2.75, 3.05) is 32.9 Å². The molecule has 0 spiro atoms. The topological polar surface area (TPSA) is 97.8 Å². The molecule has 0 saturated carbocycles. The summed E-state index contributed by atoms with van der Waals surface area (Å²) in [4.78, 5) is 26.0. The van der Waals surface area contributed by atoms with Crippen LogP contribution in [0.15, 0.2) is 18.2 Å². The first-order chi connectivity index (χ1) is 15.0. The summed E-state index contributed by atoms with van der Waals surface area (Å²) in [5.74, 6) is 0.607. The molecule has 1 unspecified atom stereocenters. The molecule has 1 saturated heterocycles. The summed E-state index contributed by atoms with van der Waals surface area (Å²) in [7, 11) is 2.11. The molecular weight excluding hydrogens is 394 g/mol. The summed E-state index contributed by atoms with van der Waals surface area (Å²) >= 11 is 0. The second-order valence-corrected chi connectivity index (χ2v) is 8.94. The van der Waals surface area contributed by atoms with Crippen LogP contribution in [0.2, 0.25) is 0 Å². The van der Waals surface area contributed by atoms with Crippen molar-refractivity contribution in [3.05, 3.63) is 35.0 Å². The molecule has 7 nitrogen and oxygen atoms in total. The normalized spacial score (nSPS) is 19.4. The molecule has 1 fully saturated rings. The fourth-order valence-corrected chi connectivity index (χ4v) is 5.41. The quantitative estimate of drug-likeness (QED) is 0.706. The number of hydrogen-bond donors (Lipinski definition) is 2. The molecule has 31 heavy (non-hydrogen) atoms. The second kappa shape index (κ2) is 9.40. The monoisotopic (exact) mass is 427 g/mol. The third kappa shape index (κ3) is 4.48. The van der Waals surface area contributed by atoms with Crippen molar-refractivity contribution < 1.29 is 19.4 Å². The summed E-state index contributed by atoms with van der Waals surface area (Å²) in [6, 6.07) is 5.83. The zero-order valence-corrected chi connectivity index (χ0v) is 18.3. The summed E-state index contributed by atoms with van der Waals surface area (Å²) in [6.45, 7) is 1.85. The minimum absolute atomic E-state index is 0.0403.